The van der Waals surface area contributed by atoms with Crippen LogP contribution in [0.2, 0.25) is 0 Å². The van der Waals surface area contributed by atoms with E-state index in [9.17, 15) is 4.79 Å². The van der Waals surface area contributed by atoms with Gasteiger partial charge in [-0.1, -0.05) is 6.42 Å². The number of hydrogen-bond acceptors (Lipinski definition) is 4. The summed E-state index contributed by atoms with van der Waals surface area (Å²) in [6.45, 7) is 4.23. The molecule has 4 rings (SSSR count). The average molecular weight is 346 g/mol. The molecule has 1 aliphatic carbocycles. The topological polar surface area (TPSA) is 60.0 Å². The lowest BCUT2D eigenvalue weighted by Gasteiger charge is -2.41. The van der Waals surface area contributed by atoms with E-state index in [0.717, 1.165) is 18.7 Å². The maximum Gasteiger partial charge on any atom is 0.322 e. The lowest BCUT2D eigenvalue weighted by atomic mass is 9.62. The van der Waals surface area contributed by atoms with E-state index in [4.69, 9.17) is 14.2 Å². The number of nitrogens with zero attached hydrogens (tertiary/aromatic N) is 1. The summed E-state index contributed by atoms with van der Waals surface area (Å²) in [4.78, 5) is 14.9. The number of amides is 2. The minimum absolute atomic E-state index is 0.0581. The molecule has 2 amide bonds. The maximum atomic E-state index is 12.9. The van der Waals surface area contributed by atoms with Gasteiger partial charge in [-0.05, 0) is 25.2 Å². The molecule has 0 unspecified atom stereocenters. The number of fused-ring (bicyclic) bond motifs is 2. The second kappa shape index (κ2) is 6.09. The zero-order valence-corrected chi connectivity index (χ0v) is 15.1. The molecule has 2 atom stereocenters. The van der Waals surface area contributed by atoms with Crippen LogP contribution < -0.4 is 14.8 Å². The molecule has 1 aromatic rings. The third-order valence-electron chi connectivity index (χ3n) is 6.34. The molecule has 136 valence electrons. The number of hydrogen-bond donors (Lipinski definition) is 1. The highest BCUT2D eigenvalue weighted by Gasteiger charge is 2.58. The number of likely N-dealkylation sites (tertiary alicyclic amines) is 1. The molecule has 1 saturated carbocycles. The molecule has 2 heterocycles. The summed E-state index contributed by atoms with van der Waals surface area (Å²) in [7, 11) is 3.24. The van der Waals surface area contributed by atoms with Crippen molar-refractivity contribution in [2.75, 3.05) is 39.3 Å². The summed E-state index contributed by atoms with van der Waals surface area (Å²) < 4.78 is 16.5. The third-order valence-corrected chi connectivity index (χ3v) is 6.34. The van der Waals surface area contributed by atoms with Gasteiger partial charge >= 0.3 is 6.03 Å². The molecule has 1 N–H and O–H groups in total. The van der Waals surface area contributed by atoms with Crippen LogP contribution in [0.15, 0.2) is 12.1 Å². The van der Waals surface area contributed by atoms with Crippen molar-refractivity contribution in [1.82, 2.24) is 4.90 Å². The summed E-state index contributed by atoms with van der Waals surface area (Å²) in [6, 6.07) is 3.83. The molecule has 0 radical (unpaired) electrons. The van der Waals surface area contributed by atoms with E-state index in [1.807, 2.05) is 24.0 Å². The monoisotopic (exact) mass is 346 g/mol. The van der Waals surface area contributed by atoms with Gasteiger partial charge in [0.05, 0.1) is 33.5 Å². The molecule has 0 aromatic heterocycles. The Morgan fingerprint density at radius 3 is 2.48 bits per heavy atom. The van der Waals surface area contributed by atoms with Crippen molar-refractivity contribution in [2.45, 2.75) is 32.2 Å². The Morgan fingerprint density at radius 1 is 1.24 bits per heavy atom. The predicted octanol–water partition coefficient (Wildman–Crippen LogP) is 3.05. The van der Waals surface area contributed by atoms with Gasteiger partial charge in [-0.25, -0.2) is 4.79 Å². The Balaban J connectivity index is 1.54. The zero-order chi connectivity index (χ0) is 17.6. The first-order valence-electron chi connectivity index (χ1n) is 8.96. The average Bonchev–Trinajstić information content (AvgIpc) is 3.16. The van der Waals surface area contributed by atoms with E-state index >= 15 is 0 Å². The maximum absolute atomic E-state index is 12.9. The number of urea groups is 1. The van der Waals surface area contributed by atoms with E-state index < -0.39 is 0 Å². The number of rotatable bonds is 3. The van der Waals surface area contributed by atoms with Crippen molar-refractivity contribution in [1.29, 1.82) is 0 Å². The van der Waals surface area contributed by atoms with Crippen LogP contribution in [0.25, 0.3) is 0 Å². The SMILES string of the molecule is COc1cc(NC(=O)N2CC3(CCC3)[C@@H]3COC[C@@H]32)cc(OC)c1C. The van der Waals surface area contributed by atoms with Gasteiger partial charge in [0.15, 0.2) is 0 Å². The van der Waals surface area contributed by atoms with Crippen LogP contribution in [0.1, 0.15) is 24.8 Å². The molecule has 3 fully saturated rings. The Kier molecular flexibility index (Phi) is 4.02. The first-order chi connectivity index (χ1) is 12.1. The normalized spacial score (nSPS) is 26.3. The van der Waals surface area contributed by atoms with Gasteiger partial charge in [0.25, 0.3) is 0 Å². The minimum atomic E-state index is -0.0581. The van der Waals surface area contributed by atoms with Crippen molar-refractivity contribution < 1.29 is 19.0 Å². The largest absolute Gasteiger partial charge is 0.496 e. The number of ether oxygens (including phenoxy) is 3. The van der Waals surface area contributed by atoms with Gasteiger partial charge in [0.2, 0.25) is 0 Å². The fourth-order valence-corrected chi connectivity index (χ4v) is 4.74. The molecule has 1 spiro atoms. The fourth-order valence-electron chi connectivity index (χ4n) is 4.74. The highest BCUT2D eigenvalue weighted by Crippen LogP contribution is 2.55. The Hall–Kier alpha value is -1.95. The summed E-state index contributed by atoms with van der Waals surface area (Å²) >= 11 is 0. The summed E-state index contributed by atoms with van der Waals surface area (Å²) in [5.41, 5.74) is 1.90. The molecule has 6 heteroatoms. The number of benzene rings is 1. The van der Waals surface area contributed by atoms with Gasteiger partial charge in [-0.15, -0.1) is 0 Å². The smallest absolute Gasteiger partial charge is 0.322 e. The van der Waals surface area contributed by atoms with Crippen molar-refractivity contribution in [3.05, 3.63) is 17.7 Å². The van der Waals surface area contributed by atoms with Gasteiger partial charge in [0.1, 0.15) is 11.5 Å². The van der Waals surface area contributed by atoms with Crippen molar-refractivity contribution in [2.24, 2.45) is 11.3 Å². The molecular formula is C19H26N2O4. The highest BCUT2D eigenvalue weighted by molar-refractivity contribution is 5.90. The number of nitrogens with one attached hydrogen (secondary N) is 1. The second-order valence-electron chi connectivity index (χ2n) is 7.49. The molecule has 3 aliphatic rings. The Bertz CT molecular complexity index is 661. The van der Waals surface area contributed by atoms with Gasteiger partial charge in [-0.2, -0.15) is 0 Å². The van der Waals surface area contributed by atoms with Crippen LogP contribution in [0.3, 0.4) is 0 Å². The number of anilines is 1. The predicted molar refractivity (Wildman–Crippen MR) is 94.4 cm³/mol. The Morgan fingerprint density at radius 2 is 1.92 bits per heavy atom. The molecule has 2 saturated heterocycles. The standard InChI is InChI=1S/C19H26N2O4/c1-12-16(23-2)7-13(8-17(12)24-3)20-18(22)21-11-19(5-4-6-19)14-9-25-10-15(14)21/h7-8,14-15H,4-6,9-11H2,1-3H3,(H,20,22)/t14-,15+/m1/s1. The molecule has 6 nitrogen and oxygen atoms in total. The molecule has 2 aliphatic heterocycles. The number of carbonyl (C=O) groups excluding carboxylic acids is 1. The number of methoxy groups -OCH3 is 2. The molecule has 0 bridgehead atoms. The molecular weight excluding hydrogens is 320 g/mol. The van der Waals surface area contributed by atoms with E-state index in [1.165, 1.54) is 19.3 Å². The van der Waals surface area contributed by atoms with Crippen LogP contribution in [-0.2, 0) is 4.74 Å². The summed E-state index contributed by atoms with van der Waals surface area (Å²) in [5.74, 6) is 1.90. The van der Waals surface area contributed by atoms with E-state index in [2.05, 4.69) is 5.32 Å². The van der Waals surface area contributed by atoms with Crippen molar-refractivity contribution in [3.63, 3.8) is 0 Å². The van der Waals surface area contributed by atoms with Crippen LogP contribution in [0, 0.1) is 18.3 Å². The fraction of sp³-hybridized carbons (Fsp3) is 0.632. The van der Waals surface area contributed by atoms with Gasteiger partial charge in [0, 0.05) is 35.8 Å². The van der Waals surface area contributed by atoms with E-state index in [-0.39, 0.29) is 12.1 Å². The first kappa shape index (κ1) is 16.5. The summed E-state index contributed by atoms with van der Waals surface area (Å²) in [6.07, 6.45) is 3.70. The van der Waals surface area contributed by atoms with Gasteiger partial charge in [-0.3, -0.25) is 0 Å². The Labute approximate surface area is 148 Å². The van der Waals surface area contributed by atoms with Crippen LogP contribution in [0.4, 0.5) is 10.5 Å². The summed E-state index contributed by atoms with van der Waals surface area (Å²) in [5, 5.41) is 3.03. The van der Waals surface area contributed by atoms with Gasteiger partial charge < -0.3 is 24.4 Å². The third kappa shape index (κ3) is 2.54. The van der Waals surface area contributed by atoms with E-state index in [0.29, 0.717) is 35.1 Å². The number of carbonyl (C=O) groups is 1. The first-order valence-corrected chi connectivity index (χ1v) is 8.96. The van der Waals surface area contributed by atoms with Crippen molar-refractivity contribution >= 4 is 11.7 Å². The van der Waals surface area contributed by atoms with E-state index in [1.54, 1.807) is 14.2 Å². The zero-order valence-electron chi connectivity index (χ0n) is 15.1. The van der Waals surface area contributed by atoms with Crippen LogP contribution in [-0.4, -0.2) is 51.0 Å². The minimum Gasteiger partial charge on any atom is -0.496 e. The van der Waals surface area contributed by atoms with Crippen LogP contribution in [0.5, 0.6) is 11.5 Å². The lowest BCUT2D eigenvalue weighted by Crippen LogP contribution is -2.41. The van der Waals surface area contributed by atoms with Crippen LogP contribution >= 0.6 is 0 Å². The molecule has 25 heavy (non-hydrogen) atoms. The van der Waals surface area contributed by atoms with Crippen molar-refractivity contribution in [3.8, 4) is 11.5 Å². The second-order valence-corrected chi connectivity index (χ2v) is 7.49. The molecule has 1 aromatic carbocycles. The highest BCUT2D eigenvalue weighted by atomic mass is 16.5. The lowest BCUT2D eigenvalue weighted by molar-refractivity contribution is 0.0567. The quantitative estimate of drug-likeness (QED) is 0.914.